The van der Waals surface area contributed by atoms with Crippen LogP contribution >= 0.6 is 11.8 Å². The second kappa shape index (κ2) is 17.3. The van der Waals surface area contributed by atoms with Crippen molar-refractivity contribution in [2.45, 2.75) is 69.1 Å². The minimum absolute atomic E-state index is 0.000646. The van der Waals surface area contributed by atoms with Crippen LogP contribution in [0.2, 0.25) is 0 Å². The van der Waals surface area contributed by atoms with Crippen molar-refractivity contribution in [1.82, 2.24) is 15.5 Å². The van der Waals surface area contributed by atoms with Crippen molar-refractivity contribution in [3.8, 4) is 11.1 Å². The lowest BCUT2D eigenvalue weighted by molar-refractivity contribution is -0.138. The molecule has 12 heteroatoms. The Morgan fingerprint density at radius 1 is 1.04 bits per heavy atom. The fraction of sp³-hybridized carbons (Fsp3) is 0.500. The summed E-state index contributed by atoms with van der Waals surface area (Å²) in [5, 5.41) is 17.5. The number of unbranched alkanes of at least 4 members (excludes halogenated alkanes) is 2. The lowest BCUT2D eigenvalue weighted by Crippen LogP contribution is -2.37. The number of fused-ring (bicyclic) bond motifs is 3. The molecule has 0 aromatic heterocycles. The van der Waals surface area contributed by atoms with E-state index in [-0.39, 0.29) is 79.7 Å². The molecule has 0 saturated carbocycles. The predicted molar refractivity (Wildman–Crippen MR) is 178 cm³/mol. The summed E-state index contributed by atoms with van der Waals surface area (Å²) in [6.07, 6.45) is 4.72. The van der Waals surface area contributed by atoms with E-state index in [1.165, 1.54) is 16.7 Å². The number of ketones is 1. The van der Waals surface area contributed by atoms with Gasteiger partial charge in [-0.15, -0.1) is 0 Å². The third-order valence-electron chi connectivity index (χ3n) is 8.40. The number of rotatable bonds is 18. The van der Waals surface area contributed by atoms with Crippen molar-refractivity contribution in [2.24, 2.45) is 0 Å². The van der Waals surface area contributed by atoms with Crippen LogP contribution < -0.4 is 16.0 Å². The van der Waals surface area contributed by atoms with E-state index in [4.69, 9.17) is 9.84 Å². The maximum atomic E-state index is 12.8. The number of likely N-dealkylation sites (N-methyl/N-ethyl adjacent to an activating group) is 1. The summed E-state index contributed by atoms with van der Waals surface area (Å²) >= 11 is 1.34. The lowest BCUT2D eigenvalue weighted by Gasteiger charge is -2.17. The number of thioether (sulfide) groups is 1. The number of likely N-dealkylation sites (tertiary alicyclic amines) is 1. The number of benzene rings is 2. The summed E-state index contributed by atoms with van der Waals surface area (Å²) in [6.45, 7) is 3.11. The first-order valence-electron chi connectivity index (χ1n) is 15.9. The number of hydrogen-bond acceptors (Lipinski definition) is 9. The molecule has 3 unspecified atom stereocenters. The van der Waals surface area contributed by atoms with Gasteiger partial charge in [0.1, 0.15) is 6.61 Å². The first-order chi connectivity index (χ1) is 22.3. The van der Waals surface area contributed by atoms with Gasteiger partial charge in [0, 0.05) is 44.0 Å². The average Bonchev–Trinajstić information content (AvgIpc) is 3.51. The number of hydrogen-bond donors (Lipinski definition) is 4. The fourth-order valence-corrected chi connectivity index (χ4v) is 6.67. The van der Waals surface area contributed by atoms with Gasteiger partial charge in [0.2, 0.25) is 17.7 Å². The number of ether oxygens (including phenoxy) is 1. The number of nitrogens with one attached hydrogen (secondary N) is 3. The highest BCUT2D eigenvalue weighted by molar-refractivity contribution is 8.00. The van der Waals surface area contributed by atoms with Crippen LogP contribution in [0, 0.1) is 0 Å². The Bertz CT molecular complexity index is 1420. The van der Waals surface area contributed by atoms with Crippen LogP contribution in [0.3, 0.4) is 0 Å². The first kappa shape index (κ1) is 35.1. The van der Waals surface area contributed by atoms with Crippen molar-refractivity contribution in [3.05, 3.63) is 53.6 Å². The minimum atomic E-state index is -0.506. The molecule has 1 heterocycles. The third-order valence-corrected chi connectivity index (χ3v) is 9.34. The van der Waals surface area contributed by atoms with Gasteiger partial charge >= 0.3 is 6.09 Å². The number of carbonyl (C=O) groups excluding carboxylic acids is 5. The van der Waals surface area contributed by atoms with Gasteiger partial charge in [-0.1, -0.05) is 50.1 Å². The highest BCUT2D eigenvalue weighted by Gasteiger charge is 2.38. The molecule has 2 aromatic carbocycles. The number of anilines is 1. The Balaban J connectivity index is 1.27. The topological polar surface area (TPSA) is 154 Å². The molecule has 2 aliphatic rings. The van der Waals surface area contributed by atoms with Crippen LogP contribution in [-0.4, -0.2) is 90.0 Å². The molecule has 4 N–H and O–H groups in total. The number of alkyl carbamates (subject to hydrolysis) is 1. The summed E-state index contributed by atoms with van der Waals surface area (Å²) < 4.78 is 5.64. The van der Waals surface area contributed by atoms with Crippen LogP contribution in [0.1, 0.15) is 68.9 Å². The molecule has 4 rings (SSSR count). The molecular formula is C34H44N4O7S. The highest BCUT2D eigenvalue weighted by Crippen LogP contribution is 2.45. The third kappa shape index (κ3) is 8.95. The Morgan fingerprint density at radius 3 is 2.57 bits per heavy atom. The Hall–Kier alpha value is -3.74. The summed E-state index contributed by atoms with van der Waals surface area (Å²) in [5.41, 5.74) is 4.61. The molecule has 1 aliphatic carbocycles. The quantitative estimate of drug-likeness (QED) is 0.139. The maximum absolute atomic E-state index is 12.8. The van der Waals surface area contributed by atoms with Crippen molar-refractivity contribution in [2.75, 3.05) is 44.4 Å². The molecule has 0 bridgehead atoms. The van der Waals surface area contributed by atoms with Crippen LogP contribution in [-0.2, 0) is 23.9 Å². The molecule has 1 fully saturated rings. The second-order valence-corrected chi connectivity index (χ2v) is 12.5. The van der Waals surface area contributed by atoms with E-state index >= 15 is 0 Å². The fourth-order valence-electron chi connectivity index (χ4n) is 6.03. The number of imide groups is 1. The monoisotopic (exact) mass is 652 g/mol. The Kier molecular flexibility index (Phi) is 13.2. The smallest absolute Gasteiger partial charge is 0.407 e. The van der Waals surface area contributed by atoms with Crippen molar-refractivity contribution in [1.29, 1.82) is 0 Å². The lowest BCUT2D eigenvalue weighted by atomic mass is 9.97. The van der Waals surface area contributed by atoms with Crippen LogP contribution in [0.15, 0.2) is 42.5 Å². The predicted octanol–water partition coefficient (Wildman–Crippen LogP) is 3.83. The summed E-state index contributed by atoms with van der Waals surface area (Å²) in [7, 11) is 0. The SMILES string of the molecule is CCNC(CCCCCNC(=O)OCC1c2ccccc2-c2ccc(NC(=O)CCN3C(=O)CC(SC)C3=O)cc21)C(=O)CCO. The zero-order valence-corrected chi connectivity index (χ0v) is 27.3. The molecule has 1 aliphatic heterocycles. The number of nitrogens with zero attached hydrogens (tertiary/aromatic N) is 1. The van der Waals surface area contributed by atoms with Gasteiger partial charge in [-0.05, 0) is 60.0 Å². The largest absolute Gasteiger partial charge is 0.449 e. The summed E-state index contributed by atoms with van der Waals surface area (Å²) in [6, 6.07) is 13.3. The number of aliphatic hydroxyl groups excluding tert-OH is 1. The van der Waals surface area contributed by atoms with E-state index in [0.717, 1.165) is 41.5 Å². The van der Waals surface area contributed by atoms with Gasteiger partial charge in [-0.25, -0.2) is 4.79 Å². The van der Waals surface area contributed by atoms with E-state index in [1.54, 1.807) is 6.26 Å². The van der Waals surface area contributed by atoms with Gasteiger partial charge < -0.3 is 25.8 Å². The molecule has 11 nitrogen and oxygen atoms in total. The Morgan fingerprint density at radius 2 is 1.83 bits per heavy atom. The molecule has 0 spiro atoms. The molecule has 46 heavy (non-hydrogen) atoms. The first-order valence-corrected chi connectivity index (χ1v) is 17.2. The zero-order chi connectivity index (χ0) is 33.1. The number of aliphatic hydroxyl groups is 1. The van der Waals surface area contributed by atoms with Crippen molar-refractivity contribution in [3.63, 3.8) is 0 Å². The zero-order valence-electron chi connectivity index (χ0n) is 26.5. The molecule has 0 radical (unpaired) electrons. The van der Waals surface area contributed by atoms with Gasteiger partial charge in [-0.3, -0.25) is 24.1 Å². The normalized spacial score (nSPS) is 17.4. The van der Waals surface area contributed by atoms with Gasteiger partial charge in [0.05, 0.1) is 17.9 Å². The van der Waals surface area contributed by atoms with E-state index < -0.39 is 6.09 Å². The van der Waals surface area contributed by atoms with Crippen LogP contribution in [0.5, 0.6) is 0 Å². The van der Waals surface area contributed by atoms with Gasteiger partial charge in [0.25, 0.3) is 0 Å². The molecular weight excluding hydrogens is 608 g/mol. The van der Waals surface area contributed by atoms with Crippen LogP contribution in [0.4, 0.5) is 10.5 Å². The van der Waals surface area contributed by atoms with Crippen LogP contribution in [0.25, 0.3) is 11.1 Å². The highest BCUT2D eigenvalue weighted by atomic mass is 32.2. The molecule has 2 aromatic rings. The molecule has 4 amide bonds. The van der Waals surface area contributed by atoms with E-state index in [1.807, 2.05) is 49.4 Å². The molecule has 1 saturated heterocycles. The molecule has 248 valence electrons. The van der Waals surface area contributed by atoms with Crippen molar-refractivity contribution >= 4 is 47.0 Å². The Labute approximate surface area is 274 Å². The summed E-state index contributed by atoms with van der Waals surface area (Å²) in [4.78, 5) is 63.2. The average molecular weight is 653 g/mol. The maximum Gasteiger partial charge on any atom is 0.407 e. The number of amides is 4. The standard InChI is InChI=1S/C34H44N4O7S/c1-3-35-28(29(40)15-18-39)11-5-4-8-16-36-34(44)45-21-27-24-10-7-6-9-23(24)25-13-12-22(19-26(25)27)37-31(41)14-17-38-32(42)20-30(46-2)33(38)43/h6-7,9-10,12-13,19,27-28,30,35,39H,3-5,8,11,14-18,20-21H2,1-2H3,(H,36,44)(H,37,41). The van der Waals surface area contributed by atoms with Crippen molar-refractivity contribution < 1.29 is 33.8 Å². The number of Topliss-reactive ketones (excluding diaryl/α,β-unsaturated/α-hetero) is 1. The van der Waals surface area contributed by atoms with E-state index in [2.05, 4.69) is 16.0 Å². The van der Waals surface area contributed by atoms with Gasteiger partial charge in [0.15, 0.2) is 5.78 Å². The molecule has 3 atom stereocenters. The van der Waals surface area contributed by atoms with Gasteiger partial charge in [-0.2, -0.15) is 11.8 Å². The summed E-state index contributed by atoms with van der Waals surface area (Å²) in [5.74, 6) is -0.983. The van der Waals surface area contributed by atoms with E-state index in [9.17, 15) is 24.0 Å². The second-order valence-electron chi connectivity index (χ2n) is 11.5. The van der Waals surface area contributed by atoms with E-state index in [0.29, 0.717) is 25.2 Å². The minimum Gasteiger partial charge on any atom is -0.449 e. The number of carbonyl (C=O) groups is 5.